The highest BCUT2D eigenvalue weighted by Crippen LogP contribution is 2.29. The van der Waals surface area contributed by atoms with Crippen LogP contribution in [0.2, 0.25) is 0 Å². The Morgan fingerprint density at radius 3 is 3.00 bits per heavy atom. The fourth-order valence-corrected chi connectivity index (χ4v) is 3.03. The first-order valence-corrected chi connectivity index (χ1v) is 7.47. The molecule has 0 radical (unpaired) electrons. The lowest BCUT2D eigenvalue weighted by Crippen LogP contribution is -2.15. The van der Waals surface area contributed by atoms with E-state index >= 15 is 0 Å². The molecule has 2 aromatic heterocycles. The van der Waals surface area contributed by atoms with Gasteiger partial charge in [-0.3, -0.25) is 9.59 Å². The standard InChI is InChI=1S/C17H19NO3/c1-2-9-21-17(20)11-14-13-7-6-12(19)10-16(13)18-8-4-3-5-15(14)18/h3-5,8H,2,6-7,9-11H2,1H3. The molecule has 1 aliphatic rings. The smallest absolute Gasteiger partial charge is 0.310 e. The van der Waals surface area contributed by atoms with E-state index in [-0.39, 0.29) is 18.2 Å². The molecule has 0 fully saturated rings. The predicted molar refractivity (Wildman–Crippen MR) is 79.4 cm³/mol. The molecule has 4 nitrogen and oxygen atoms in total. The number of fused-ring (bicyclic) bond motifs is 3. The Labute approximate surface area is 123 Å². The third-order valence-electron chi connectivity index (χ3n) is 3.98. The van der Waals surface area contributed by atoms with Gasteiger partial charge in [0.2, 0.25) is 0 Å². The molecular weight excluding hydrogens is 266 g/mol. The van der Waals surface area contributed by atoms with Crippen molar-refractivity contribution < 1.29 is 14.3 Å². The monoisotopic (exact) mass is 285 g/mol. The molecule has 21 heavy (non-hydrogen) atoms. The maximum absolute atomic E-state index is 12.0. The third-order valence-corrected chi connectivity index (χ3v) is 3.98. The van der Waals surface area contributed by atoms with Crippen LogP contribution in [0.15, 0.2) is 24.4 Å². The normalized spacial score (nSPS) is 14.2. The molecule has 0 aliphatic heterocycles. The Bertz CT molecular complexity index is 699. The van der Waals surface area contributed by atoms with Gasteiger partial charge in [0, 0.05) is 30.2 Å². The summed E-state index contributed by atoms with van der Waals surface area (Å²) in [5.41, 5.74) is 4.25. The molecule has 0 aromatic carbocycles. The van der Waals surface area contributed by atoms with Crippen LogP contribution in [-0.2, 0) is 33.6 Å². The van der Waals surface area contributed by atoms with Gasteiger partial charge in [-0.1, -0.05) is 13.0 Å². The number of Topliss-reactive ketones (excluding diaryl/α,β-unsaturated/α-hetero) is 1. The van der Waals surface area contributed by atoms with Crippen molar-refractivity contribution in [1.29, 1.82) is 0 Å². The SMILES string of the molecule is CCCOC(=O)Cc1c2c(n3ccccc13)CC(=O)CC2. The molecule has 4 heteroatoms. The number of carbonyl (C=O) groups is 2. The minimum absolute atomic E-state index is 0.187. The fourth-order valence-electron chi connectivity index (χ4n) is 3.03. The molecule has 0 amide bonds. The van der Waals surface area contributed by atoms with Gasteiger partial charge in [-0.25, -0.2) is 0 Å². The van der Waals surface area contributed by atoms with Crippen LogP contribution in [0.4, 0.5) is 0 Å². The highest BCUT2D eigenvalue weighted by molar-refractivity contribution is 5.86. The van der Waals surface area contributed by atoms with E-state index in [1.807, 2.05) is 31.3 Å². The number of hydrogen-bond donors (Lipinski definition) is 0. The molecule has 110 valence electrons. The Morgan fingerprint density at radius 1 is 1.33 bits per heavy atom. The summed E-state index contributed by atoms with van der Waals surface area (Å²) < 4.78 is 7.26. The highest BCUT2D eigenvalue weighted by Gasteiger charge is 2.25. The van der Waals surface area contributed by atoms with Gasteiger partial charge in [-0.15, -0.1) is 0 Å². The first-order valence-electron chi connectivity index (χ1n) is 7.47. The molecule has 0 atom stereocenters. The van der Waals surface area contributed by atoms with Crippen LogP contribution in [0.5, 0.6) is 0 Å². The number of esters is 1. The number of ether oxygens (including phenoxy) is 1. The van der Waals surface area contributed by atoms with Crippen LogP contribution < -0.4 is 0 Å². The molecule has 2 aromatic rings. The largest absolute Gasteiger partial charge is 0.465 e. The molecular formula is C17H19NO3. The number of rotatable bonds is 4. The van der Waals surface area contributed by atoms with Gasteiger partial charge in [-0.05, 0) is 36.1 Å². The number of carbonyl (C=O) groups excluding carboxylic acids is 2. The van der Waals surface area contributed by atoms with E-state index in [1.165, 1.54) is 0 Å². The minimum Gasteiger partial charge on any atom is -0.465 e. The second-order valence-corrected chi connectivity index (χ2v) is 5.47. The van der Waals surface area contributed by atoms with Crippen molar-refractivity contribution in [3.8, 4) is 0 Å². The summed E-state index contributed by atoms with van der Waals surface area (Å²) >= 11 is 0. The van der Waals surface area contributed by atoms with Crippen molar-refractivity contribution in [2.45, 2.75) is 39.0 Å². The molecule has 3 rings (SSSR count). The lowest BCUT2D eigenvalue weighted by Gasteiger charge is -2.12. The summed E-state index contributed by atoms with van der Waals surface area (Å²) in [4.78, 5) is 23.7. The van der Waals surface area contributed by atoms with Gasteiger partial charge in [0.05, 0.1) is 13.0 Å². The maximum Gasteiger partial charge on any atom is 0.310 e. The number of hydrogen-bond acceptors (Lipinski definition) is 3. The molecule has 0 unspecified atom stereocenters. The number of nitrogens with zero attached hydrogens (tertiary/aromatic N) is 1. The van der Waals surface area contributed by atoms with E-state index in [2.05, 4.69) is 4.40 Å². The van der Waals surface area contributed by atoms with Crippen LogP contribution in [-0.4, -0.2) is 22.8 Å². The maximum atomic E-state index is 12.0. The number of ketones is 1. The van der Waals surface area contributed by atoms with E-state index in [9.17, 15) is 9.59 Å². The molecule has 1 aliphatic carbocycles. The zero-order valence-electron chi connectivity index (χ0n) is 12.2. The molecule has 0 spiro atoms. The van der Waals surface area contributed by atoms with Crippen molar-refractivity contribution in [2.24, 2.45) is 0 Å². The molecule has 0 N–H and O–H groups in total. The second-order valence-electron chi connectivity index (χ2n) is 5.47. The first kappa shape index (κ1) is 13.9. The van der Waals surface area contributed by atoms with Gasteiger partial charge in [-0.2, -0.15) is 0 Å². The summed E-state index contributed by atoms with van der Waals surface area (Å²) in [6, 6.07) is 5.92. The summed E-state index contributed by atoms with van der Waals surface area (Å²) in [5.74, 6) is 0.0822. The number of aromatic nitrogens is 1. The van der Waals surface area contributed by atoms with Crippen LogP contribution >= 0.6 is 0 Å². The Morgan fingerprint density at radius 2 is 2.19 bits per heavy atom. The number of pyridine rings is 1. The summed E-state index contributed by atoms with van der Waals surface area (Å²) in [5, 5.41) is 0. The van der Waals surface area contributed by atoms with Crippen LogP contribution in [0.3, 0.4) is 0 Å². The Hall–Kier alpha value is -2.10. The average Bonchev–Trinajstić information content (AvgIpc) is 2.79. The average molecular weight is 285 g/mol. The second kappa shape index (κ2) is 5.72. The summed E-state index contributed by atoms with van der Waals surface area (Å²) in [6.45, 7) is 2.44. The molecule has 0 saturated heterocycles. The van der Waals surface area contributed by atoms with Gasteiger partial charge < -0.3 is 9.14 Å². The topological polar surface area (TPSA) is 47.8 Å². The van der Waals surface area contributed by atoms with Gasteiger partial charge in [0.1, 0.15) is 5.78 Å². The van der Waals surface area contributed by atoms with E-state index in [0.717, 1.165) is 35.2 Å². The van der Waals surface area contributed by atoms with Crippen molar-refractivity contribution >= 4 is 17.3 Å². The highest BCUT2D eigenvalue weighted by atomic mass is 16.5. The van der Waals surface area contributed by atoms with E-state index in [4.69, 9.17) is 4.74 Å². The van der Waals surface area contributed by atoms with Gasteiger partial charge in [0.25, 0.3) is 0 Å². The van der Waals surface area contributed by atoms with Crippen LogP contribution in [0.1, 0.15) is 36.6 Å². The van der Waals surface area contributed by atoms with Crippen LogP contribution in [0.25, 0.3) is 5.52 Å². The van der Waals surface area contributed by atoms with Crippen molar-refractivity contribution in [1.82, 2.24) is 4.40 Å². The van der Waals surface area contributed by atoms with E-state index in [1.54, 1.807) is 0 Å². The molecule has 2 heterocycles. The van der Waals surface area contributed by atoms with Crippen molar-refractivity contribution in [3.05, 3.63) is 41.2 Å². The van der Waals surface area contributed by atoms with Crippen LogP contribution in [0, 0.1) is 0 Å². The summed E-state index contributed by atoms with van der Waals surface area (Å²) in [6.07, 6.45) is 4.84. The zero-order chi connectivity index (χ0) is 14.8. The quantitative estimate of drug-likeness (QED) is 0.811. The lowest BCUT2D eigenvalue weighted by atomic mass is 9.92. The molecule has 0 saturated carbocycles. The predicted octanol–water partition coefficient (Wildman–Crippen LogP) is 2.49. The van der Waals surface area contributed by atoms with Gasteiger partial charge in [0.15, 0.2) is 0 Å². The van der Waals surface area contributed by atoms with E-state index in [0.29, 0.717) is 19.4 Å². The van der Waals surface area contributed by atoms with E-state index < -0.39 is 0 Å². The van der Waals surface area contributed by atoms with Gasteiger partial charge >= 0.3 is 5.97 Å². The fraction of sp³-hybridized carbons (Fsp3) is 0.412. The Balaban J connectivity index is 2.01. The van der Waals surface area contributed by atoms with Crippen molar-refractivity contribution in [2.75, 3.05) is 6.61 Å². The zero-order valence-corrected chi connectivity index (χ0v) is 12.2. The summed E-state index contributed by atoms with van der Waals surface area (Å²) in [7, 11) is 0. The Kier molecular flexibility index (Phi) is 3.78. The third kappa shape index (κ3) is 2.58. The molecule has 0 bridgehead atoms. The van der Waals surface area contributed by atoms with Crippen molar-refractivity contribution in [3.63, 3.8) is 0 Å². The minimum atomic E-state index is -0.187. The first-order chi connectivity index (χ1) is 10.2. The lowest BCUT2D eigenvalue weighted by molar-refractivity contribution is -0.142.